The van der Waals surface area contributed by atoms with E-state index in [1.807, 2.05) is 44.2 Å². The summed E-state index contributed by atoms with van der Waals surface area (Å²) in [6.07, 6.45) is 0.856. The molecule has 0 radical (unpaired) electrons. The van der Waals surface area contributed by atoms with Crippen LogP contribution in [0.15, 0.2) is 53.5 Å². The molecule has 2 aromatic rings. The molecule has 0 amide bonds. The van der Waals surface area contributed by atoms with Crippen LogP contribution in [0.5, 0.6) is 5.75 Å². The molecule has 184 valence electrons. The maximum absolute atomic E-state index is 5.79. The first-order valence-corrected chi connectivity index (χ1v) is 11.3. The molecule has 7 nitrogen and oxygen atoms in total. The third-order valence-electron chi connectivity index (χ3n) is 4.46. The normalized spacial score (nSPS) is 11.1. The number of nitrogens with zero attached hydrogens (tertiary/aromatic N) is 1. The number of anilines is 1. The van der Waals surface area contributed by atoms with E-state index in [4.69, 9.17) is 23.9 Å². The predicted octanol–water partition coefficient (Wildman–Crippen LogP) is 4.85. The molecule has 0 aliphatic rings. The lowest BCUT2D eigenvalue weighted by Crippen LogP contribution is -2.30. The second-order valence-electron chi connectivity index (χ2n) is 7.11. The number of rotatable bonds is 15. The van der Waals surface area contributed by atoms with Gasteiger partial charge in [-0.25, -0.2) is 4.99 Å². The predicted molar refractivity (Wildman–Crippen MR) is 145 cm³/mol. The fourth-order valence-electron chi connectivity index (χ4n) is 2.94. The van der Waals surface area contributed by atoms with Gasteiger partial charge in [-0.1, -0.05) is 30.3 Å². The van der Waals surface area contributed by atoms with Gasteiger partial charge in [0, 0.05) is 45.0 Å². The molecule has 2 aromatic carbocycles. The molecule has 0 bridgehead atoms. The zero-order valence-electron chi connectivity index (χ0n) is 20.0. The molecule has 0 heterocycles. The van der Waals surface area contributed by atoms with Crippen molar-refractivity contribution in [2.75, 3.05) is 52.0 Å². The number of hydrogen-bond donors (Lipinski definition) is 2. The SMILES string of the molecule is CCNC(=NCc1cccc(COCCOCC)c1)Nc1cccc(OCCCOC)c1.I. The van der Waals surface area contributed by atoms with Gasteiger partial charge in [-0.2, -0.15) is 0 Å². The lowest BCUT2D eigenvalue weighted by molar-refractivity contribution is 0.0453. The van der Waals surface area contributed by atoms with Crippen molar-refractivity contribution < 1.29 is 18.9 Å². The molecule has 0 spiro atoms. The average molecular weight is 572 g/mol. The minimum Gasteiger partial charge on any atom is -0.493 e. The molecule has 0 atom stereocenters. The minimum absolute atomic E-state index is 0. The highest BCUT2D eigenvalue weighted by Crippen LogP contribution is 2.17. The van der Waals surface area contributed by atoms with E-state index in [-0.39, 0.29) is 24.0 Å². The van der Waals surface area contributed by atoms with Crippen molar-refractivity contribution in [1.29, 1.82) is 0 Å². The number of benzene rings is 2. The van der Waals surface area contributed by atoms with Gasteiger partial charge in [0.25, 0.3) is 0 Å². The zero-order valence-corrected chi connectivity index (χ0v) is 22.3. The van der Waals surface area contributed by atoms with Crippen molar-refractivity contribution in [3.8, 4) is 5.75 Å². The van der Waals surface area contributed by atoms with E-state index in [1.165, 1.54) is 0 Å². The fraction of sp³-hybridized carbons (Fsp3) is 0.480. The van der Waals surface area contributed by atoms with Gasteiger partial charge >= 0.3 is 0 Å². The van der Waals surface area contributed by atoms with Gasteiger partial charge in [0.2, 0.25) is 0 Å². The second-order valence-corrected chi connectivity index (χ2v) is 7.11. The lowest BCUT2D eigenvalue weighted by Gasteiger charge is -2.13. The number of ether oxygens (including phenoxy) is 4. The lowest BCUT2D eigenvalue weighted by atomic mass is 10.1. The first-order valence-electron chi connectivity index (χ1n) is 11.3. The van der Waals surface area contributed by atoms with Gasteiger partial charge in [-0.3, -0.25) is 0 Å². The third kappa shape index (κ3) is 12.8. The number of halogens is 1. The highest BCUT2D eigenvalue weighted by atomic mass is 127. The summed E-state index contributed by atoms with van der Waals surface area (Å²) in [6.45, 7) is 9.18. The molecule has 0 fully saturated rings. The van der Waals surface area contributed by atoms with Crippen LogP contribution in [0.2, 0.25) is 0 Å². The molecular formula is C25H38IN3O4. The van der Waals surface area contributed by atoms with E-state index < -0.39 is 0 Å². The Labute approximate surface area is 215 Å². The van der Waals surface area contributed by atoms with Gasteiger partial charge in [-0.15, -0.1) is 24.0 Å². The monoisotopic (exact) mass is 571 g/mol. The summed E-state index contributed by atoms with van der Waals surface area (Å²) in [5, 5.41) is 6.65. The summed E-state index contributed by atoms with van der Waals surface area (Å²) in [4.78, 5) is 4.73. The van der Waals surface area contributed by atoms with Gasteiger partial charge in [0.1, 0.15) is 5.75 Å². The zero-order chi connectivity index (χ0) is 22.9. The van der Waals surface area contributed by atoms with Crippen molar-refractivity contribution in [3.63, 3.8) is 0 Å². The van der Waals surface area contributed by atoms with Crippen molar-refractivity contribution >= 4 is 35.6 Å². The van der Waals surface area contributed by atoms with Crippen molar-refractivity contribution in [2.24, 2.45) is 4.99 Å². The average Bonchev–Trinajstić information content (AvgIpc) is 2.81. The summed E-state index contributed by atoms with van der Waals surface area (Å²) < 4.78 is 21.8. The van der Waals surface area contributed by atoms with Crippen LogP contribution in [0.25, 0.3) is 0 Å². The third-order valence-corrected chi connectivity index (χ3v) is 4.46. The Morgan fingerprint density at radius 1 is 0.909 bits per heavy atom. The Morgan fingerprint density at radius 3 is 2.48 bits per heavy atom. The van der Waals surface area contributed by atoms with E-state index in [9.17, 15) is 0 Å². The smallest absolute Gasteiger partial charge is 0.196 e. The van der Waals surface area contributed by atoms with E-state index in [0.29, 0.717) is 46.2 Å². The van der Waals surface area contributed by atoms with Crippen LogP contribution in [-0.4, -0.2) is 52.6 Å². The molecule has 0 aliphatic carbocycles. The highest BCUT2D eigenvalue weighted by molar-refractivity contribution is 14.0. The number of nitrogens with one attached hydrogen (secondary N) is 2. The summed E-state index contributed by atoms with van der Waals surface area (Å²) >= 11 is 0. The molecule has 0 unspecified atom stereocenters. The van der Waals surface area contributed by atoms with Crippen molar-refractivity contribution in [2.45, 2.75) is 33.4 Å². The summed E-state index contributed by atoms with van der Waals surface area (Å²) in [5.41, 5.74) is 3.18. The molecule has 33 heavy (non-hydrogen) atoms. The summed E-state index contributed by atoms with van der Waals surface area (Å²) in [7, 11) is 1.69. The summed E-state index contributed by atoms with van der Waals surface area (Å²) in [6, 6.07) is 16.2. The van der Waals surface area contributed by atoms with Gasteiger partial charge in [-0.05, 0) is 37.1 Å². The van der Waals surface area contributed by atoms with E-state index in [1.54, 1.807) is 7.11 Å². The second kappa shape index (κ2) is 18.5. The largest absolute Gasteiger partial charge is 0.493 e. The van der Waals surface area contributed by atoms with Crippen LogP contribution in [0, 0.1) is 0 Å². The Morgan fingerprint density at radius 2 is 1.70 bits per heavy atom. The highest BCUT2D eigenvalue weighted by Gasteiger charge is 2.03. The molecule has 0 saturated heterocycles. The maximum Gasteiger partial charge on any atom is 0.196 e. The quantitative estimate of drug-likeness (QED) is 0.138. The molecule has 0 saturated carbocycles. The first-order chi connectivity index (χ1) is 15.7. The standard InChI is InChI=1S/C25H37N3O4.HI/c1-4-26-25(28-23-11-7-12-24(18-23)32-14-8-13-29-3)27-19-21-9-6-10-22(17-21)20-31-16-15-30-5-2;/h6-7,9-12,17-18H,4-5,8,13-16,19-20H2,1-3H3,(H2,26,27,28);1H. The molecule has 0 aliphatic heterocycles. The molecular weight excluding hydrogens is 533 g/mol. The maximum atomic E-state index is 5.79. The van der Waals surface area contributed by atoms with E-state index >= 15 is 0 Å². The van der Waals surface area contributed by atoms with Gasteiger partial charge < -0.3 is 29.6 Å². The molecule has 2 rings (SSSR count). The van der Waals surface area contributed by atoms with Crippen molar-refractivity contribution in [3.05, 3.63) is 59.7 Å². The van der Waals surface area contributed by atoms with Gasteiger partial charge in [0.05, 0.1) is 33.0 Å². The molecule has 0 aromatic heterocycles. The van der Waals surface area contributed by atoms with Crippen LogP contribution in [0.4, 0.5) is 5.69 Å². The number of aliphatic imine (C=N–C) groups is 1. The van der Waals surface area contributed by atoms with E-state index in [2.05, 4.69) is 28.8 Å². The Kier molecular flexibility index (Phi) is 16.4. The topological polar surface area (TPSA) is 73.3 Å². The van der Waals surface area contributed by atoms with Crippen LogP contribution in [0.1, 0.15) is 31.4 Å². The van der Waals surface area contributed by atoms with Gasteiger partial charge in [0.15, 0.2) is 5.96 Å². The van der Waals surface area contributed by atoms with E-state index in [0.717, 1.165) is 41.5 Å². The first kappa shape index (κ1) is 29.2. The number of guanidine groups is 1. The Hall–Kier alpha value is -1.88. The Bertz CT molecular complexity index is 805. The summed E-state index contributed by atoms with van der Waals surface area (Å²) in [5.74, 6) is 1.54. The van der Waals surface area contributed by atoms with Crippen LogP contribution in [0.3, 0.4) is 0 Å². The number of hydrogen-bond acceptors (Lipinski definition) is 5. The van der Waals surface area contributed by atoms with Crippen LogP contribution >= 0.6 is 24.0 Å². The van der Waals surface area contributed by atoms with Crippen molar-refractivity contribution in [1.82, 2.24) is 5.32 Å². The van der Waals surface area contributed by atoms with Crippen LogP contribution in [-0.2, 0) is 27.4 Å². The van der Waals surface area contributed by atoms with Crippen LogP contribution < -0.4 is 15.4 Å². The fourth-order valence-corrected chi connectivity index (χ4v) is 2.94. The molecule has 2 N–H and O–H groups in total. The Balaban J connectivity index is 0.00000544. The molecule has 8 heteroatoms. The number of methoxy groups -OCH3 is 1. The minimum atomic E-state index is 0.